The molecule has 4 rings (SSSR count). The predicted molar refractivity (Wildman–Crippen MR) is 109 cm³/mol. The Labute approximate surface area is 177 Å². The van der Waals surface area contributed by atoms with Gasteiger partial charge in [-0.1, -0.05) is 0 Å². The number of ether oxygens (including phenoxy) is 2. The van der Waals surface area contributed by atoms with Crippen molar-refractivity contribution in [3.63, 3.8) is 0 Å². The lowest BCUT2D eigenvalue weighted by molar-refractivity contribution is -0.119. The second-order valence-electron chi connectivity index (χ2n) is 7.75. The van der Waals surface area contributed by atoms with Crippen LogP contribution in [0.25, 0.3) is 22.6 Å². The van der Waals surface area contributed by atoms with Gasteiger partial charge in [0.1, 0.15) is 17.9 Å². The molecule has 0 aliphatic heterocycles. The van der Waals surface area contributed by atoms with Crippen molar-refractivity contribution in [3.8, 4) is 23.1 Å². The predicted octanol–water partition coefficient (Wildman–Crippen LogP) is 4.22. The number of rotatable bonds is 9. The lowest BCUT2D eigenvalue weighted by Crippen LogP contribution is -2.35. The highest BCUT2D eigenvalue weighted by molar-refractivity contribution is 5.76. The zero-order valence-electron chi connectivity index (χ0n) is 17.2. The number of oxazole rings is 1. The van der Waals surface area contributed by atoms with E-state index in [0.29, 0.717) is 35.0 Å². The molecular formula is C22H23F2N3O4. The number of nitrogens with one attached hydrogen (secondary N) is 1. The van der Waals surface area contributed by atoms with Crippen LogP contribution in [0.2, 0.25) is 0 Å². The number of pyridine rings is 1. The summed E-state index contributed by atoms with van der Waals surface area (Å²) in [5.41, 5.74) is 1.86. The van der Waals surface area contributed by atoms with E-state index >= 15 is 0 Å². The molecule has 1 saturated carbocycles. The Bertz CT molecular complexity index is 1070. The fraction of sp³-hybridized carbons (Fsp3) is 0.409. The average Bonchev–Trinajstić information content (AvgIpc) is 3.13. The molecule has 3 aromatic rings. The Balaban J connectivity index is 1.36. The number of amides is 1. The first-order chi connectivity index (χ1) is 14.8. The van der Waals surface area contributed by atoms with E-state index in [1.165, 1.54) is 6.92 Å². The third-order valence-corrected chi connectivity index (χ3v) is 4.97. The van der Waals surface area contributed by atoms with Crippen LogP contribution in [0.5, 0.6) is 11.6 Å². The van der Waals surface area contributed by atoms with E-state index in [4.69, 9.17) is 13.9 Å². The summed E-state index contributed by atoms with van der Waals surface area (Å²) in [6, 6.07) is 8.60. The second kappa shape index (κ2) is 8.49. The molecule has 1 aromatic carbocycles. The van der Waals surface area contributed by atoms with Gasteiger partial charge in [0.15, 0.2) is 5.58 Å². The Morgan fingerprint density at radius 1 is 1.32 bits per heavy atom. The van der Waals surface area contributed by atoms with E-state index in [1.54, 1.807) is 36.5 Å². The van der Waals surface area contributed by atoms with Crippen molar-refractivity contribution < 1.29 is 27.5 Å². The maximum absolute atomic E-state index is 12.9. The van der Waals surface area contributed by atoms with Gasteiger partial charge in [-0.15, -0.1) is 0 Å². The quantitative estimate of drug-likeness (QED) is 0.546. The Morgan fingerprint density at radius 2 is 2.06 bits per heavy atom. The van der Waals surface area contributed by atoms with Gasteiger partial charge in [0, 0.05) is 30.9 Å². The van der Waals surface area contributed by atoms with E-state index in [9.17, 15) is 13.6 Å². The largest absolute Gasteiger partial charge is 0.494 e. The lowest BCUT2D eigenvalue weighted by atomic mass is 10.2. The van der Waals surface area contributed by atoms with Gasteiger partial charge < -0.3 is 19.2 Å². The minimum Gasteiger partial charge on any atom is -0.494 e. The summed E-state index contributed by atoms with van der Waals surface area (Å²) >= 11 is 0. The number of carbonyl (C=O) groups is 1. The first-order valence-corrected chi connectivity index (χ1v) is 10.1. The molecule has 1 N–H and O–H groups in total. The highest BCUT2D eigenvalue weighted by Crippen LogP contribution is 2.50. The summed E-state index contributed by atoms with van der Waals surface area (Å²) in [6.07, 6.45) is 1.87. The van der Waals surface area contributed by atoms with Crippen LogP contribution in [-0.2, 0) is 4.79 Å². The van der Waals surface area contributed by atoms with Gasteiger partial charge in [0.2, 0.25) is 17.7 Å². The molecule has 1 aliphatic rings. The van der Waals surface area contributed by atoms with E-state index in [1.807, 2.05) is 6.92 Å². The lowest BCUT2D eigenvalue weighted by Gasteiger charge is -2.12. The van der Waals surface area contributed by atoms with Crippen molar-refractivity contribution in [3.05, 3.63) is 36.5 Å². The molecule has 1 fully saturated rings. The SMILES string of the molecule is CC(=O)N[C@@H](C)COc1cc2oc(-c3ccc(OCCC4CC4(F)F)cc3)nc2cn1. The zero-order valence-corrected chi connectivity index (χ0v) is 17.2. The number of carbonyl (C=O) groups excluding carboxylic acids is 1. The van der Waals surface area contributed by atoms with Gasteiger partial charge in [0.25, 0.3) is 5.92 Å². The standard InChI is InChI=1S/C22H23F2N3O4/c1-13(26-14(2)28)12-30-20-9-19-18(11-25-20)27-21(31-19)15-3-5-17(6-4-15)29-8-7-16-10-22(16,23)24/h3-6,9,11,13,16H,7-8,10,12H2,1-2H3,(H,26,28)/t13-,16?/m0/s1. The Kier molecular flexibility index (Phi) is 5.75. The minimum atomic E-state index is -2.51. The molecule has 0 radical (unpaired) electrons. The number of aromatic nitrogens is 2. The van der Waals surface area contributed by atoms with Crippen LogP contribution in [0.1, 0.15) is 26.7 Å². The van der Waals surface area contributed by atoms with Crippen molar-refractivity contribution in [2.24, 2.45) is 5.92 Å². The fourth-order valence-electron chi connectivity index (χ4n) is 3.21. The van der Waals surface area contributed by atoms with Crippen LogP contribution in [-0.4, -0.2) is 41.1 Å². The maximum atomic E-state index is 12.9. The first kappa shape index (κ1) is 21.0. The van der Waals surface area contributed by atoms with Gasteiger partial charge in [-0.2, -0.15) is 0 Å². The normalized spacial score (nSPS) is 17.9. The maximum Gasteiger partial charge on any atom is 0.251 e. The summed E-state index contributed by atoms with van der Waals surface area (Å²) in [5, 5.41) is 2.73. The monoisotopic (exact) mass is 431 g/mol. The highest BCUT2D eigenvalue weighted by Gasteiger charge is 2.56. The molecule has 7 nitrogen and oxygen atoms in total. The molecule has 9 heteroatoms. The van der Waals surface area contributed by atoms with E-state index in [-0.39, 0.29) is 31.6 Å². The average molecular weight is 431 g/mol. The summed E-state index contributed by atoms with van der Waals surface area (Å²) in [4.78, 5) is 19.7. The summed E-state index contributed by atoms with van der Waals surface area (Å²) in [6.45, 7) is 3.82. The van der Waals surface area contributed by atoms with Crippen LogP contribution in [0, 0.1) is 5.92 Å². The van der Waals surface area contributed by atoms with Gasteiger partial charge in [-0.05, 0) is 37.6 Å². The molecule has 0 bridgehead atoms. The van der Waals surface area contributed by atoms with Crippen molar-refractivity contribution in [1.29, 1.82) is 0 Å². The molecular weight excluding hydrogens is 408 g/mol. The molecule has 2 aromatic heterocycles. The van der Waals surface area contributed by atoms with Crippen LogP contribution < -0.4 is 14.8 Å². The van der Waals surface area contributed by atoms with Gasteiger partial charge in [-0.3, -0.25) is 4.79 Å². The number of fused-ring (bicyclic) bond motifs is 1. The van der Waals surface area contributed by atoms with Crippen molar-refractivity contribution in [1.82, 2.24) is 15.3 Å². The number of alkyl halides is 2. The number of nitrogens with zero attached hydrogens (tertiary/aromatic N) is 2. The summed E-state index contributed by atoms with van der Waals surface area (Å²) < 4.78 is 42.8. The first-order valence-electron chi connectivity index (χ1n) is 10.1. The minimum absolute atomic E-state index is 0.0387. The molecule has 164 valence electrons. The third kappa shape index (κ3) is 5.28. The van der Waals surface area contributed by atoms with Gasteiger partial charge >= 0.3 is 0 Å². The Morgan fingerprint density at radius 3 is 2.74 bits per heavy atom. The second-order valence-corrected chi connectivity index (χ2v) is 7.75. The molecule has 2 atom stereocenters. The van der Waals surface area contributed by atoms with E-state index < -0.39 is 11.8 Å². The molecule has 0 spiro atoms. The molecule has 1 unspecified atom stereocenters. The third-order valence-electron chi connectivity index (χ3n) is 4.97. The van der Waals surface area contributed by atoms with Crippen LogP contribution >= 0.6 is 0 Å². The highest BCUT2D eigenvalue weighted by atomic mass is 19.3. The molecule has 31 heavy (non-hydrogen) atoms. The summed E-state index contributed by atoms with van der Waals surface area (Å²) in [5.74, 6) is -1.79. The van der Waals surface area contributed by atoms with E-state index in [2.05, 4.69) is 15.3 Å². The van der Waals surface area contributed by atoms with E-state index in [0.717, 1.165) is 5.56 Å². The topological polar surface area (TPSA) is 86.5 Å². The van der Waals surface area contributed by atoms with Gasteiger partial charge in [-0.25, -0.2) is 18.7 Å². The van der Waals surface area contributed by atoms with Crippen LogP contribution in [0.15, 0.2) is 40.9 Å². The molecule has 2 heterocycles. The smallest absolute Gasteiger partial charge is 0.251 e. The number of hydrogen-bond acceptors (Lipinski definition) is 6. The van der Waals surface area contributed by atoms with Crippen LogP contribution in [0.4, 0.5) is 8.78 Å². The Hall–Kier alpha value is -3.23. The van der Waals surface area contributed by atoms with Crippen LogP contribution in [0.3, 0.4) is 0 Å². The van der Waals surface area contributed by atoms with Crippen molar-refractivity contribution >= 4 is 17.0 Å². The zero-order chi connectivity index (χ0) is 22.0. The summed E-state index contributed by atoms with van der Waals surface area (Å²) in [7, 11) is 0. The molecule has 1 aliphatic carbocycles. The van der Waals surface area contributed by atoms with Crippen molar-refractivity contribution in [2.45, 2.75) is 38.7 Å². The molecule has 1 amide bonds. The fourth-order valence-corrected chi connectivity index (χ4v) is 3.21. The van der Waals surface area contributed by atoms with Crippen molar-refractivity contribution in [2.75, 3.05) is 13.2 Å². The number of hydrogen-bond donors (Lipinski definition) is 1. The molecule has 0 saturated heterocycles. The number of benzene rings is 1. The van der Waals surface area contributed by atoms with Gasteiger partial charge in [0.05, 0.1) is 18.8 Å². The number of halogens is 2.